The Morgan fingerprint density at radius 1 is 1.00 bits per heavy atom. The lowest BCUT2D eigenvalue weighted by Crippen LogP contribution is -2.39. The van der Waals surface area contributed by atoms with E-state index in [-0.39, 0.29) is 10.5 Å². The maximum Gasteiger partial charge on any atom is 0.249 e. The van der Waals surface area contributed by atoms with Crippen LogP contribution in [0.15, 0.2) is 42.2 Å². The van der Waals surface area contributed by atoms with E-state index in [4.69, 9.17) is 9.16 Å². The molecular formula is C25H46O3Si2. The van der Waals surface area contributed by atoms with Crippen molar-refractivity contribution in [2.45, 2.75) is 97.6 Å². The summed E-state index contributed by atoms with van der Waals surface area (Å²) in [5.41, 5.74) is 2.07. The van der Waals surface area contributed by atoms with Gasteiger partial charge in [0.2, 0.25) is 8.32 Å². The first-order chi connectivity index (χ1) is 13.5. The third-order valence-corrected chi connectivity index (χ3v) is 11.9. The van der Waals surface area contributed by atoms with Crippen molar-refractivity contribution in [1.29, 1.82) is 0 Å². The van der Waals surface area contributed by atoms with E-state index in [1.54, 1.807) is 0 Å². The van der Waals surface area contributed by atoms with E-state index in [1.807, 2.05) is 24.5 Å². The predicted molar refractivity (Wildman–Crippen MR) is 135 cm³/mol. The summed E-state index contributed by atoms with van der Waals surface area (Å²) in [6.07, 6.45) is 2.17. The number of hydrogen-bond donors (Lipinski definition) is 1. The first-order valence-corrected chi connectivity index (χ1v) is 17.8. The largest absolute Gasteiger partial charge is 0.549 e. The molecule has 0 aliphatic rings. The van der Waals surface area contributed by atoms with Crippen LogP contribution in [0.2, 0.25) is 43.8 Å². The zero-order chi connectivity index (χ0) is 23.2. The third kappa shape index (κ3) is 9.50. The van der Waals surface area contributed by atoms with Gasteiger partial charge in [0.25, 0.3) is 0 Å². The minimum atomic E-state index is -1.87. The van der Waals surface area contributed by atoms with Crippen LogP contribution in [0.4, 0.5) is 0 Å². The van der Waals surface area contributed by atoms with Crippen LogP contribution in [0.5, 0.6) is 0 Å². The van der Waals surface area contributed by atoms with Crippen molar-refractivity contribution in [1.82, 2.24) is 0 Å². The van der Waals surface area contributed by atoms with Crippen molar-refractivity contribution >= 4 is 16.4 Å². The van der Waals surface area contributed by atoms with Crippen molar-refractivity contribution in [3.63, 3.8) is 0 Å². The molecule has 0 spiro atoms. The molecular weight excluding hydrogens is 404 g/mol. The molecule has 0 amide bonds. The van der Waals surface area contributed by atoms with Gasteiger partial charge in [0, 0.05) is 13.5 Å². The van der Waals surface area contributed by atoms with Gasteiger partial charge in [-0.2, -0.15) is 0 Å². The van der Waals surface area contributed by atoms with Crippen LogP contribution in [0, 0.1) is 5.41 Å². The fraction of sp³-hybridized carbons (Fsp3) is 0.680. The van der Waals surface area contributed by atoms with Crippen LogP contribution in [0.3, 0.4) is 0 Å². The molecule has 0 saturated carbocycles. The van der Waals surface area contributed by atoms with Gasteiger partial charge in [-0.3, -0.25) is 0 Å². The fourth-order valence-corrected chi connectivity index (χ4v) is 5.28. The number of hydrogen-bond acceptors (Lipinski definition) is 3. The van der Waals surface area contributed by atoms with Gasteiger partial charge in [0.1, 0.15) is 0 Å². The highest BCUT2D eigenvalue weighted by atomic mass is 28.4. The fourth-order valence-electron chi connectivity index (χ4n) is 2.88. The summed E-state index contributed by atoms with van der Waals surface area (Å²) >= 11 is 0. The molecule has 0 heterocycles. The summed E-state index contributed by atoms with van der Waals surface area (Å²) < 4.78 is 12.4. The lowest BCUT2D eigenvalue weighted by atomic mass is 9.84. The molecule has 0 radical (unpaired) electrons. The van der Waals surface area contributed by atoms with Crippen molar-refractivity contribution in [3.05, 3.63) is 47.7 Å². The average Bonchev–Trinajstić information content (AvgIpc) is 2.58. The molecule has 0 aliphatic heterocycles. The van der Waals surface area contributed by atoms with E-state index in [0.717, 1.165) is 11.6 Å². The number of aliphatic hydroxyl groups is 1. The molecule has 0 bridgehead atoms. The second-order valence-corrected chi connectivity index (χ2v) is 22.3. The molecule has 5 heteroatoms. The second kappa shape index (κ2) is 10.6. The lowest BCUT2D eigenvalue weighted by molar-refractivity contribution is -0.0286. The normalized spacial score (nSPS) is 15.2. The Labute approximate surface area is 188 Å². The van der Waals surface area contributed by atoms with Gasteiger partial charge in [0.15, 0.2) is 0 Å². The zero-order valence-electron chi connectivity index (χ0n) is 21.1. The van der Waals surface area contributed by atoms with Crippen LogP contribution in [0.25, 0.3) is 0 Å². The molecule has 1 atom stereocenters. The topological polar surface area (TPSA) is 38.7 Å². The summed E-state index contributed by atoms with van der Waals surface area (Å²) in [5.74, 6) is 0. The van der Waals surface area contributed by atoms with Crippen LogP contribution in [0.1, 0.15) is 46.6 Å². The highest BCUT2D eigenvalue weighted by molar-refractivity contribution is 6.76. The molecule has 0 saturated heterocycles. The summed E-state index contributed by atoms with van der Waals surface area (Å²) in [5, 5.41) is 11.2. The van der Waals surface area contributed by atoms with Crippen molar-refractivity contribution < 1.29 is 14.3 Å². The van der Waals surface area contributed by atoms with Gasteiger partial charge in [-0.05, 0) is 41.7 Å². The van der Waals surface area contributed by atoms with Gasteiger partial charge in [-0.15, -0.1) is 0 Å². The van der Waals surface area contributed by atoms with Gasteiger partial charge in [-0.1, -0.05) is 84.6 Å². The Balaban J connectivity index is 2.81. The summed E-state index contributed by atoms with van der Waals surface area (Å²) in [6, 6.07) is 11.2. The van der Waals surface area contributed by atoms with Crippen molar-refractivity contribution in [2.24, 2.45) is 5.41 Å². The molecule has 172 valence electrons. The highest BCUT2D eigenvalue weighted by Gasteiger charge is 2.38. The van der Waals surface area contributed by atoms with Crippen molar-refractivity contribution in [2.75, 3.05) is 6.61 Å². The van der Waals surface area contributed by atoms with Crippen LogP contribution in [-0.2, 0) is 15.8 Å². The van der Waals surface area contributed by atoms with Crippen LogP contribution < -0.4 is 0 Å². The minimum absolute atomic E-state index is 0.164. The number of ether oxygens (including phenoxy) is 1. The van der Waals surface area contributed by atoms with E-state index in [0.29, 0.717) is 19.6 Å². The molecule has 1 rings (SSSR count). The number of benzene rings is 1. The second-order valence-electron chi connectivity index (χ2n) is 12.1. The molecule has 1 unspecified atom stereocenters. The third-order valence-electron chi connectivity index (χ3n) is 6.03. The Bertz CT molecular complexity index is 668. The SMILES string of the molecule is CC(C)(COCc1ccccc1)C(O)C/C(=C/O[Si](C)(C)C(C)(C)C)C[Si](C)(C)C. The van der Waals surface area contributed by atoms with E-state index >= 15 is 0 Å². The standard InChI is InChI=1S/C25H46O3Si2/c1-24(2,3)30(9,10)28-18-22(19-29(6,7)8)16-23(26)25(4,5)20-27-17-21-14-12-11-13-15-21/h11-15,18,23,26H,16-17,19-20H2,1-10H3/b22-18-. The Hall–Kier alpha value is -0.886. The smallest absolute Gasteiger partial charge is 0.249 e. The van der Waals surface area contributed by atoms with E-state index in [9.17, 15) is 5.11 Å². The molecule has 0 aromatic heterocycles. The molecule has 1 aromatic rings. The Morgan fingerprint density at radius 2 is 1.57 bits per heavy atom. The van der Waals surface area contributed by atoms with E-state index in [1.165, 1.54) is 5.57 Å². The first kappa shape index (κ1) is 27.1. The summed E-state index contributed by atoms with van der Waals surface area (Å²) in [7, 11) is -3.20. The maximum absolute atomic E-state index is 11.1. The minimum Gasteiger partial charge on any atom is -0.549 e. The van der Waals surface area contributed by atoms with Gasteiger partial charge < -0.3 is 14.3 Å². The quantitative estimate of drug-likeness (QED) is 0.285. The number of rotatable bonds is 11. The zero-order valence-corrected chi connectivity index (χ0v) is 23.1. The van der Waals surface area contributed by atoms with Crippen LogP contribution >= 0.6 is 0 Å². The van der Waals surface area contributed by atoms with Crippen molar-refractivity contribution in [3.8, 4) is 0 Å². The van der Waals surface area contributed by atoms with Gasteiger partial charge in [0.05, 0.1) is 25.6 Å². The maximum atomic E-state index is 11.1. The lowest BCUT2D eigenvalue weighted by Gasteiger charge is -2.36. The molecule has 30 heavy (non-hydrogen) atoms. The molecule has 1 N–H and O–H groups in total. The molecule has 1 aromatic carbocycles. The Morgan fingerprint density at radius 3 is 2.07 bits per heavy atom. The Kier molecular flexibility index (Phi) is 9.61. The molecule has 0 fully saturated rings. The average molecular weight is 451 g/mol. The van der Waals surface area contributed by atoms with Crippen LogP contribution in [-0.4, -0.2) is 34.2 Å². The van der Waals surface area contributed by atoms with E-state index < -0.39 is 22.5 Å². The first-order valence-electron chi connectivity index (χ1n) is 11.2. The van der Waals surface area contributed by atoms with E-state index in [2.05, 4.69) is 79.5 Å². The molecule has 0 aliphatic carbocycles. The predicted octanol–water partition coefficient (Wildman–Crippen LogP) is 7.22. The monoisotopic (exact) mass is 450 g/mol. The molecule has 3 nitrogen and oxygen atoms in total. The highest BCUT2D eigenvalue weighted by Crippen LogP contribution is 2.37. The number of aliphatic hydroxyl groups excluding tert-OH is 1. The summed E-state index contributed by atoms with van der Waals surface area (Å²) in [4.78, 5) is 0. The van der Waals surface area contributed by atoms with Gasteiger partial charge >= 0.3 is 0 Å². The van der Waals surface area contributed by atoms with Gasteiger partial charge in [-0.25, -0.2) is 0 Å². The summed E-state index contributed by atoms with van der Waals surface area (Å²) in [6.45, 7) is 23.7.